The van der Waals surface area contributed by atoms with Crippen molar-refractivity contribution < 1.29 is 4.74 Å². The van der Waals surface area contributed by atoms with Crippen molar-refractivity contribution in [2.45, 2.75) is 20.0 Å². The van der Waals surface area contributed by atoms with Crippen molar-refractivity contribution in [1.29, 1.82) is 0 Å². The lowest BCUT2D eigenvalue weighted by Crippen LogP contribution is -2.44. The van der Waals surface area contributed by atoms with Gasteiger partial charge in [-0.25, -0.2) is 0 Å². The van der Waals surface area contributed by atoms with Crippen molar-refractivity contribution in [3.8, 4) is 0 Å². The molecule has 2 nitrogen and oxygen atoms in total. The molecule has 0 spiro atoms. The largest absolute Gasteiger partial charge is 0.374 e. The molecule has 0 unspecified atom stereocenters. The fourth-order valence-corrected chi connectivity index (χ4v) is 1.74. The van der Waals surface area contributed by atoms with E-state index in [0.29, 0.717) is 5.88 Å². The second-order valence-corrected chi connectivity index (χ2v) is 4.11. The third-order valence-electron chi connectivity index (χ3n) is 2.02. The van der Waals surface area contributed by atoms with Gasteiger partial charge in [-0.1, -0.05) is 13.8 Å². The van der Waals surface area contributed by atoms with E-state index < -0.39 is 0 Å². The molecule has 1 saturated heterocycles. The van der Waals surface area contributed by atoms with Crippen molar-refractivity contribution in [3.05, 3.63) is 0 Å². The number of hydrogen-bond acceptors (Lipinski definition) is 2. The Morgan fingerprint density at radius 3 is 2.92 bits per heavy atom. The van der Waals surface area contributed by atoms with Crippen molar-refractivity contribution in [2.24, 2.45) is 5.92 Å². The van der Waals surface area contributed by atoms with E-state index in [0.717, 1.165) is 32.2 Å². The molecule has 0 radical (unpaired) electrons. The standard InChI is InChI=1S/C9H18ClNO/c1-8(2)6-11-3-4-12-9(5-10)7-11/h8-9H,3-7H2,1-2H3/t9-/m0/s1. The monoisotopic (exact) mass is 191 g/mol. The van der Waals surface area contributed by atoms with Gasteiger partial charge in [0.15, 0.2) is 0 Å². The van der Waals surface area contributed by atoms with Gasteiger partial charge in [0, 0.05) is 25.5 Å². The van der Waals surface area contributed by atoms with E-state index >= 15 is 0 Å². The maximum atomic E-state index is 5.73. The summed E-state index contributed by atoms with van der Waals surface area (Å²) in [5, 5.41) is 0. The second kappa shape index (κ2) is 5.05. The number of morpholine rings is 1. The molecule has 0 aromatic rings. The number of nitrogens with zero attached hydrogens (tertiary/aromatic N) is 1. The van der Waals surface area contributed by atoms with Crippen molar-refractivity contribution >= 4 is 11.6 Å². The van der Waals surface area contributed by atoms with Crippen LogP contribution in [0.15, 0.2) is 0 Å². The molecule has 0 aromatic carbocycles. The minimum Gasteiger partial charge on any atom is -0.374 e. The molecule has 72 valence electrons. The van der Waals surface area contributed by atoms with Gasteiger partial charge in [-0.15, -0.1) is 11.6 Å². The zero-order valence-corrected chi connectivity index (χ0v) is 8.68. The van der Waals surface area contributed by atoms with Gasteiger partial charge in [0.25, 0.3) is 0 Å². The Morgan fingerprint density at radius 1 is 1.58 bits per heavy atom. The number of alkyl halides is 1. The van der Waals surface area contributed by atoms with Gasteiger partial charge in [0.05, 0.1) is 12.7 Å². The van der Waals surface area contributed by atoms with Crippen LogP contribution in [0.4, 0.5) is 0 Å². The molecule has 1 aliphatic rings. The van der Waals surface area contributed by atoms with Crippen LogP contribution in [0, 0.1) is 5.92 Å². The predicted molar refractivity (Wildman–Crippen MR) is 51.7 cm³/mol. The average Bonchev–Trinajstić information content (AvgIpc) is 2.03. The molecule has 0 bridgehead atoms. The maximum absolute atomic E-state index is 5.73. The highest BCUT2D eigenvalue weighted by atomic mass is 35.5. The molecule has 0 aliphatic carbocycles. The SMILES string of the molecule is CC(C)CN1CCO[C@@H](CCl)C1. The molecular formula is C9H18ClNO. The summed E-state index contributed by atoms with van der Waals surface area (Å²) in [5.41, 5.74) is 0. The van der Waals surface area contributed by atoms with Crippen LogP contribution in [0.2, 0.25) is 0 Å². The molecule has 0 aromatic heterocycles. The van der Waals surface area contributed by atoms with E-state index in [2.05, 4.69) is 18.7 Å². The smallest absolute Gasteiger partial charge is 0.0837 e. The van der Waals surface area contributed by atoms with Gasteiger partial charge in [0.1, 0.15) is 0 Å². The first-order valence-corrected chi connectivity index (χ1v) is 5.15. The Hall–Kier alpha value is 0.210. The third kappa shape index (κ3) is 3.30. The lowest BCUT2D eigenvalue weighted by atomic mass is 10.2. The van der Waals surface area contributed by atoms with E-state index in [-0.39, 0.29) is 6.10 Å². The second-order valence-electron chi connectivity index (χ2n) is 3.80. The molecule has 1 heterocycles. The first kappa shape index (κ1) is 10.3. The molecule has 1 atom stereocenters. The summed E-state index contributed by atoms with van der Waals surface area (Å²) >= 11 is 5.73. The molecular weight excluding hydrogens is 174 g/mol. The Bertz CT molecular complexity index is 130. The van der Waals surface area contributed by atoms with Gasteiger partial charge in [-0.05, 0) is 5.92 Å². The molecule has 0 N–H and O–H groups in total. The van der Waals surface area contributed by atoms with E-state index in [1.54, 1.807) is 0 Å². The average molecular weight is 192 g/mol. The fourth-order valence-electron chi connectivity index (χ4n) is 1.56. The lowest BCUT2D eigenvalue weighted by Gasteiger charge is -2.32. The number of halogens is 1. The van der Waals surface area contributed by atoms with Gasteiger partial charge >= 0.3 is 0 Å². The summed E-state index contributed by atoms with van der Waals surface area (Å²) in [6.07, 6.45) is 0.249. The zero-order valence-electron chi connectivity index (χ0n) is 7.92. The predicted octanol–water partition coefficient (Wildman–Crippen LogP) is 1.58. The van der Waals surface area contributed by atoms with Crippen molar-refractivity contribution in [2.75, 3.05) is 32.1 Å². The van der Waals surface area contributed by atoms with Crippen molar-refractivity contribution in [1.82, 2.24) is 4.90 Å². The number of ether oxygens (including phenoxy) is 1. The molecule has 12 heavy (non-hydrogen) atoms. The van der Waals surface area contributed by atoms with Crippen molar-refractivity contribution in [3.63, 3.8) is 0 Å². The van der Waals surface area contributed by atoms with E-state index in [1.807, 2.05) is 0 Å². The van der Waals surface area contributed by atoms with Gasteiger partial charge in [0.2, 0.25) is 0 Å². The summed E-state index contributed by atoms with van der Waals surface area (Å²) < 4.78 is 5.47. The number of hydrogen-bond donors (Lipinski definition) is 0. The minimum atomic E-state index is 0.249. The molecule has 1 rings (SSSR count). The van der Waals surface area contributed by atoms with Gasteiger partial charge in [-0.3, -0.25) is 4.90 Å². The normalized spacial score (nSPS) is 26.5. The quantitative estimate of drug-likeness (QED) is 0.629. The van der Waals surface area contributed by atoms with E-state index in [9.17, 15) is 0 Å². The summed E-state index contributed by atoms with van der Waals surface area (Å²) in [5.74, 6) is 1.35. The van der Waals surface area contributed by atoms with Crippen LogP contribution in [0.1, 0.15) is 13.8 Å². The summed E-state index contributed by atoms with van der Waals surface area (Å²) in [4.78, 5) is 2.43. The van der Waals surface area contributed by atoms with Gasteiger partial charge < -0.3 is 4.74 Å². The lowest BCUT2D eigenvalue weighted by molar-refractivity contribution is -0.0198. The highest BCUT2D eigenvalue weighted by molar-refractivity contribution is 6.18. The highest BCUT2D eigenvalue weighted by Gasteiger charge is 2.19. The van der Waals surface area contributed by atoms with Crippen LogP contribution in [-0.2, 0) is 4.74 Å². The zero-order chi connectivity index (χ0) is 8.97. The summed E-state index contributed by atoms with van der Waals surface area (Å²) in [6, 6.07) is 0. The first-order valence-electron chi connectivity index (χ1n) is 4.62. The highest BCUT2D eigenvalue weighted by Crippen LogP contribution is 2.08. The number of rotatable bonds is 3. The van der Waals surface area contributed by atoms with Gasteiger partial charge in [-0.2, -0.15) is 0 Å². The minimum absolute atomic E-state index is 0.249. The third-order valence-corrected chi connectivity index (χ3v) is 2.36. The van der Waals surface area contributed by atoms with Crippen LogP contribution in [-0.4, -0.2) is 43.1 Å². The van der Waals surface area contributed by atoms with Crippen LogP contribution in [0.25, 0.3) is 0 Å². The topological polar surface area (TPSA) is 12.5 Å². The molecule has 1 fully saturated rings. The Kier molecular flexibility index (Phi) is 4.33. The first-order chi connectivity index (χ1) is 5.72. The Labute approximate surface area is 79.8 Å². The maximum Gasteiger partial charge on any atom is 0.0837 e. The van der Waals surface area contributed by atoms with Crippen LogP contribution in [0.5, 0.6) is 0 Å². The van der Waals surface area contributed by atoms with Crippen LogP contribution in [0.3, 0.4) is 0 Å². The van der Waals surface area contributed by atoms with E-state index in [4.69, 9.17) is 16.3 Å². The molecule has 1 aliphatic heterocycles. The van der Waals surface area contributed by atoms with Crippen LogP contribution < -0.4 is 0 Å². The fraction of sp³-hybridized carbons (Fsp3) is 1.00. The van der Waals surface area contributed by atoms with E-state index in [1.165, 1.54) is 0 Å². The molecule has 0 saturated carbocycles. The Morgan fingerprint density at radius 2 is 2.33 bits per heavy atom. The summed E-state index contributed by atoms with van der Waals surface area (Å²) in [6.45, 7) is 8.55. The Balaban J connectivity index is 2.25. The van der Waals surface area contributed by atoms with Crippen LogP contribution >= 0.6 is 11.6 Å². The summed E-state index contributed by atoms with van der Waals surface area (Å²) in [7, 11) is 0. The molecule has 3 heteroatoms. The molecule has 0 amide bonds.